The summed E-state index contributed by atoms with van der Waals surface area (Å²) >= 11 is 0. The van der Waals surface area contributed by atoms with Crippen molar-refractivity contribution >= 4 is 11.9 Å². The van der Waals surface area contributed by atoms with Gasteiger partial charge in [-0.3, -0.25) is 4.79 Å². The number of aliphatic hydroxyl groups excluding tert-OH is 1. The van der Waals surface area contributed by atoms with Gasteiger partial charge in [0, 0.05) is 17.7 Å². The Bertz CT molecular complexity index is 1470. The number of ketones is 1. The number of allylic oxidation sites excluding steroid dienone is 1. The second kappa shape index (κ2) is 9.11. The van der Waals surface area contributed by atoms with Crippen LogP contribution in [-0.4, -0.2) is 49.1 Å². The number of ether oxygens (including phenoxy) is 1. The number of para-hydroxylation sites is 1. The van der Waals surface area contributed by atoms with Crippen molar-refractivity contribution in [3.05, 3.63) is 77.8 Å². The first-order valence-corrected chi connectivity index (χ1v) is 14.6. The number of hydrogen-bond acceptors (Lipinski definition) is 6. The number of aromatic nitrogens is 3. The van der Waals surface area contributed by atoms with Crippen molar-refractivity contribution in [2.24, 2.45) is 28.6 Å². The van der Waals surface area contributed by atoms with E-state index >= 15 is 0 Å². The molecule has 4 aliphatic rings. The minimum Gasteiger partial charge on any atom is -0.470 e. The first-order valence-electron chi connectivity index (χ1n) is 14.6. The molecule has 2 heterocycles. The molecule has 0 radical (unpaired) electrons. The summed E-state index contributed by atoms with van der Waals surface area (Å²) in [6.07, 6.45) is 9.64. The van der Waals surface area contributed by atoms with E-state index in [9.17, 15) is 15.0 Å². The smallest absolute Gasteiger partial charge is 0.213 e. The maximum absolute atomic E-state index is 13.5. The molecule has 0 spiro atoms. The van der Waals surface area contributed by atoms with Gasteiger partial charge in [0.2, 0.25) is 11.7 Å². The normalized spacial score (nSPS) is 36.0. The van der Waals surface area contributed by atoms with Crippen LogP contribution in [0.4, 0.5) is 0 Å². The molecule has 7 rings (SSSR count). The Morgan fingerprint density at radius 1 is 1.12 bits per heavy atom. The maximum atomic E-state index is 13.5. The average molecular weight is 540 g/mol. The number of Topliss-reactive ketones (excluding diaryl/α,β-unsaturated/α-hetero) is 1. The maximum Gasteiger partial charge on any atom is 0.213 e. The molecular weight excluding hydrogens is 502 g/mol. The molecule has 0 aliphatic heterocycles. The zero-order chi connectivity index (χ0) is 27.7. The number of hydrogen-bond donors (Lipinski definition) is 2. The Labute approximate surface area is 234 Å². The molecule has 208 valence electrons. The summed E-state index contributed by atoms with van der Waals surface area (Å²) in [6.45, 7) is 4.12. The summed E-state index contributed by atoms with van der Waals surface area (Å²) in [5, 5.41) is 28.6. The quantitative estimate of drug-likeness (QED) is 0.484. The number of benzene rings is 1. The van der Waals surface area contributed by atoms with E-state index in [1.165, 1.54) is 11.1 Å². The van der Waals surface area contributed by atoms with Gasteiger partial charge in [-0.1, -0.05) is 43.7 Å². The van der Waals surface area contributed by atoms with Crippen LogP contribution in [0, 0.1) is 28.6 Å². The molecule has 40 heavy (non-hydrogen) atoms. The van der Waals surface area contributed by atoms with Gasteiger partial charge in [0.1, 0.15) is 5.60 Å². The lowest BCUT2D eigenvalue weighted by atomic mass is 9.45. The first-order chi connectivity index (χ1) is 19.2. The van der Waals surface area contributed by atoms with Crippen molar-refractivity contribution in [3.8, 4) is 11.6 Å². The largest absolute Gasteiger partial charge is 0.470 e. The lowest BCUT2D eigenvalue weighted by Gasteiger charge is -2.60. The molecule has 0 saturated heterocycles. The lowest BCUT2D eigenvalue weighted by molar-refractivity contribution is -0.180. The van der Waals surface area contributed by atoms with E-state index in [2.05, 4.69) is 30.1 Å². The second-order valence-corrected chi connectivity index (χ2v) is 12.9. The highest BCUT2D eigenvalue weighted by atomic mass is 16.5. The topological polar surface area (TPSA) is 97.5 Å². The van der Waals surface area contributed by atoms with Crippen molar-refractivity contribution < 1.29 is 19.7 Å². The van der Waals surface area contributed by atoms with Gasteiger partial charge in [0.25, 0.3) is 0 Å². The van der Waals surface area contributed by atoms with Gasteiger partial charge in [0.15, 0.2) is 6.61 Å². The van der Waals surface area contributed by atoms with Crippen molar-refractivity contribution in [2.45, 2.75) is 64.1 Å². The van der Waals surface area contributed by atoms with Crippen LogP contribution in [0.25, 0.3) is 11.8 Å². The second-order valence-electron chi connectivity index (χ2n) is 12.9. The Hall–Kier alpha value is -3.29. The van der Waals surface area contributed by atoms with E-state index in [0.717, 1.165) is 37.1 Å². The number of rotatable bonds is 5. The zero-order valence-electron chi connectivity index (χ0n) is 23.2. The predicted molar refractivity (Wildman–Crippen MR) is 151 cm³/mol. The third kappa shape index (κ3) is 3.60. The van der Waals surface area contributed by atoms with Crippen molar-refractivity contribution in [2.75, 3.05) is 6.61 Å². The minimum atomic E-state index is -1.52. The number of aliphatic hydroxyl groups is 2. The van der Waals surface area contributed by atoms with E-state index in [1.807, 2.05) is 36.0 Å². The third-order valence-corrected chi connectivity index (χ3v) is 11.0. The summed E-state index contributed by atoms with van der Waals surface area (Å²) < 4.78 is 7.68. The summed E-state index contributed by atoms with van der Waals surface area (Å²) in [5.41, 5.74) is 2.37. The molecule has 0 bridgehead atoms. The Balaban J connectivity index is 1.17. The Morgan fingerprint density at radius 2 is 1.93 bits per heavy atom. The van der Waals surface area contributed by atoms with Crippen molar-refractivity contribution in [3.63, 3.8) is 0 Å². The third-order valence-electron chi connectivity index (χ3n) is 11.0. The molecular formula is C33H37N3O4. The fourth-order valence-corrected chi connectivity index (χ4v) is 9.11. The van der Waals surface area contributed by atoms with E-state index in [0.29, 0.717) is 18.7 Å². The fourth-order valence-electron chi connectivity index (χ4n) is 9.11. The van der Waals surface area contributed by atoms with Gasteiger partial charge >= 0.3 is 0 Å². The number of pyridine rings is 1. The summed E-state index contributed by atoms with van der Waals surface area (Å²) in [4.78, 5) is 17.7. The fraction of sp³-hybridized carbons (Fsp3) is 0.485. The molecule has 6 unspecified atom stereocenters. The first kappa shape index (κ1) is 25.7. The molecule has 7 nitrogen and oxygen atoms in total. The van der Waals surface area contributed by atoms with Crippen LogP contribution >= 0.6 is 0 Å². The van der Waals surface area contributed by atoms with Crippen LogP contribution in [0.15, 0.2) is 66.5 Å². The summed E-state index contributed by atoms with van der Waals surface area (Å²) in [5.74, 6) is 0.527. The van der Waals surface area contributed by atoms with Crippen LogP contribution < -0.4 is 4.74 Å². The highest BCUT2D eigenvalue weighted by molar-refractivity contribution is 5.90. The van der Waals surface area contributed by atoms with Crippen molar-refractivity contribution in [1.29, 1.82) is 0 Å². The molecule has 7 atom stereocenters. The average Bonchev–Trinajstić information content (AvgIpc) is 3.48. The molecule has 3 fully saturated rings. The monoisotopic (exact) mass is 539 g/mol. The predicted octanol–water partition coefficient (Wildman–Crippen LogP) is 4.80. The minimum absolute atomic E-state index is 0.0704. The molecule has 3 aromatic rings. The Kier molecular flexibility index (Phi) is 5.85. The highest BCUT2D eigenvalue weighted by Crippen LogP contribution is 2.67. The van der Waals surface area contributed by atoms with Crippen LogP contribution in [0.1, 0.15) is 57.2 Å². The molecule has 0 amide bonds. The molecule has 1 aromatic carbocycles. The van der Waals surface area contributed by atoms with Gasteiger partial charge in [-0.15, -0.1) is 0 Å². The van der Waals surface area contributed by atoms with E-state index in [4.69, 9.17) is 9.84 Å². The number of carbonyl (C=O) groups is 1. The summed E-state index contributed by atoms with van der Waals surface area (Å²) in [6, 6.07) is 15.5. The zero-order valence-corrected chi connectivity index (χ0v) is 23.2. The highest BCUT2D eigenvalue weighted by Gasteiger charge is 2.68. The van der Waals surface area contributed by atoms with Gasteiger partial charge in [-0.05, 0) is 91.5 Å². The standard InChI is InChI=1S/C33H37N3O4/c1-31-17-21-19-35-36(23-8-4-3-5-9-23)26(21)16-22(31)11-12-24-25-13-14-33(39,32(25,2)18-27(37)30(24)31)28(38)20-40-29-10-6-7-15-34-29/h3-10,15-16,19,24-25,27,30,37,39H,11-14,17-18,20H2,1-2H3/t24?,25?,27?,30?,31?,32?,33-/m0/s1. The van der Waals surface area contributed by atoms with Crippen LogP contribution in [0.2, 0.25) is 0 Å². The molecule has 3 saturated carbocycles. The number of carbonyl (C=O) groups excluding carboxylic acids is 1. The molecule has 7 heteroatoms. The Morgan fingerprint density at radius 3 is 2.70 bits per heavy atom. The van der Waals surface area contributed by atoms with E-state index < -0.39 is 17.1 Å². The van der Waals surface area contributed by atoms with Crippen LogP contribution in [-0.2, 0) is 11.2 Å². The molecule has 2 N–H and O–H groups in total. The van der Waals surface area contributed by atoms with E-state index in [1.54, 1.807) is 24.4 Å². The lowest BCUT2D eigenvalue weighted by Crippen LogP contribution is -2.62. The molecule has 4 aliphatic carbocycles. The van der Waals surface area contributed by atoms with E-state index in [-0.39, 0.29) is 35.6 Å². The van der Waals surface area contributed by atoms with Crippen LogP contribution in [0.3, 0.4) is 0 Å². The molecule has 2 aromatic heterocycles. The number of nitrogens with zero attached hydrogens (tertiary/aromatic N) is 3. The van der Waals surface area contributed by atoms with Crippen molar-refractivity contribution in [1.82, 2.24) is 14.8 Å². The number of fused-ring (bicyclic) bond motifs is 6. The van der Waals surface area contributed by atoms with Gasteiger partial charge in [0.05, 0.1) is 23.7 Å². The van der Waals surface area contributed by atoms with Gasteiger partial charge in [-0.25, -0.2) is 9.67 Å². The van der Waals surface area contributed by atoms with Gasteiger partial charge in [-0.2, -0.15) is 5.10 Å². The SMILES string of the molecule is CC12Cc3cnn(-c4ccccc4)c3C=C1CCC1C2C(O)CC2(C)C1CC[C@]2(O)C(=O)COc1ccccn1. The summed E-state index contributed by atoms with van der Waals surface area (Å²) in [7, 11) is 0. The van der Waals surface area contributed by atoms with Gasteiger partial charge < -0.3 is 14.9 Å². The van der Waals surface area contributed by atoms with Crippen LogP contribution in [0.5, 0.6) is 5.88 Å².